The minimum atomic E-state index is -1.29. The summed E-state index contributed by atoms with van der Waals surface area (Å²) in [5, 5.41) is 20.2. The monoisotopic (exact) mass is 664 g/mol. The molecule has 6 rings (SSSR count). The molecule has 0 unspecified atom stereocenters. The molecular formula is C34H27F3N2O5S2. The Labute approximate surface area is 269 Å². The molecule has 46 heavy (non-hydrogen) atoms. The molecule has 4 heterocycles. The lowest BCUT2D eigenvalue weighted by Gasteiger charge is -2.26. The third-order valence-electron chi connectivity index (χ3n) is 6.87. The third kappa shape index (κ3) is 7.83. The molecule has 0 radical (unpaired) electrons. The molecule has 0 saturated carbocycles. The standard InChI is InChI=1S/C17H13F2NO3.C17H14FNO2S2/c18-13-6-5-11(9-14(13)19)17(21)20-10-12(15-3-1-7-22-15)16-4-2-8-23-16;18-13-5-1-4-12(10-13)16(20)19-11-17(21,14-6-2-8-22-14)15-7-3-9-23-15/h1-9,12H,10H2,(H,20,21);1-10,21H,11H2,(H,19,20). The first kappa shape index (κ1) is 32.5. The van der Waals surface area contributed by atoms with Crippen LogP contribution in [0.25, 0.3) is 0 Å². The molecule has 0 aliphatic rings. The maximum absolute atomic E-state index is 13.2. The molecule has 0 atom stereocenters. The number of amides is 2. The Morgan fingerprint density at radius 2 is 1.33 bits per heavy atom. The van der Waals surface area contributed by atoms with Crippen LogP contribution in [-0.2, 0) is 5.60 Å². The highest BCUT2D eigenvalue weighted by Crippen LogP contribution is 2.35. The van der Waals surface area contributed by atoms with E-state index >= 15 is 0 Å². The number of benzene rings is 2. The summed E-state index contributed by atoms with van der Waals surface area (Å²) in [6, 6.07) is 22.9. The fourth-order valence-electron chi connectivity index (χ4n) is 4.52. The molecule has 12 heteroatoms. The molecule has 4 aromatic heterocycles. The first-order valence-corrected chi connectivity index (χ1v) is 15.6. The molecule has 3 N–H and O–H groups in total. The highest BCUT2D eigenvalue weighted by atomic mass is 32.1. The molecule has 0 spiro atoms. The van der Waals surface area contributed by atoms with Crippen molar-refractivity contribution in [2.45, 2.75) is 11.5 Å². The Morgan fingerprint density at radius 1 is 0.717 bits per heavy atom. The Morgan fingerprint density at radius 3 is 1.85 bits per heavy atom. The van der Waals surface area contributed by atoms with Crippen LogP contribution in [0.1, 0.15) is 47.9 Å². The number of aliphatic hydroxyl groups is 1. The molecule has 0 bridgehead atoms. The molecule has 0 aliphatic heterocycles. The van der Waals surface area contributed by atoms with Crippen LogP contribution in [0.15, 0.2) is 123 Å². The van der Waals surface area contributed by atoms with E-state index in [0.717, 1.165) is 21.9 Å². The molecule has 7 nitrogen and oxygen atoms in total. The molecule has 2 aromatic carbocycles. The van der Waals surface area contributed by atoms with E-state index in [9.17, 15) is 27.9 Å². The summed E-state index contributed by atoms with van der Waals surface area (Å²) >= 11 is 2.85. The van der Waals surface area contributed by atoms with E-state index in [-0.39, 0.29) is 30.1 Å². The topological polar surface area (TPSA) is 105 Å². The first-order chi connectivity index (χ1) is 22.2. The molecule has 236 valence electrons. The minimum Gasteiger partial charge on any atom is -0.469 e. The molecule has 0 aliphatic carbocycles. The van der Waals surface area contributed by atoms with Crippen LogP contribution in [0, 0.1) is 17.5 Å². The van der Waals surface area contributed by atoms with Gasteiger partial charge in [0.1, 0.15) is 22.9 Å². The highest BCUT2D eigenvalue weighted by Gasteiger charge is 2.34. The van der Waals surface area contributed by atoms with Crippen LogP contribution in [0.2, 0.25) is 0 Å². The lowest BCUT2D eigenvalue weighted by molar-refractivity contribution is 0.0739. The van der Waals surface area contributed by atoms with Crippen LogP contribution in [0.5, 0.6) is 0 Å². The van der Waals surface area contributed by atoms with E-state index < -0.39 is 34.9 Å². The van der Waals surface area contributed by atoms with Crippen molar-refractivity contribution in [3.63, 3.8) is 0 Å². The number of furan rings is 2. The van der Waals surface area contributed by atoms with Crippen molar-refractivity contribution in [3.8, 4) is 0 Å². The van der Waals surface area contributed by atoms with Gasteiger partial charge in [-0.15, -0.1) is 22.7 Å². The Balaban J connectivity index is 0.000000181. The number of carbonyl (C=O) groups excluding carboxylic acids is 2. The highest BCUT2D eigenvalue weighted by molar-refractivity contribution is 7.11. The second-order valence-corrected chi connectivity index (χ2v) is 11.8. The van der Waals surface area contributed by atoms with E-state index in [0.29, 0.717) is 11.5 Å². The van der Waals surface area contributed by atoms with Crippen molar-refractivity contribution in [1.29, 1.82) is 0 Å². The summed E-state index contributed by atoms with van der Waals surface area (Å²) in [5.74, 6) is -2.50. The normalized spacial score (nSPS) is 11.2. The van der Waals surface area contributed by atoms with Gasteiger partial charge in [0.15, 0.2) is 11.6 Å². The summed E-state index contributed by atoms with van der Waals surface area (Å²) in [6.45, 7) is 0.211. The second kappa shape index (κ2) is 14.9. The average molecular weight is 665 g/mol. The first-order valence-electron chi connectivity index (χ1n) is 13.9. The Bertz CT molecular complexity index is 1770. The van der Waals surface area contributed by atoms with Crippen molar-refractivity contribution in [2.75, 3.05) is 13.1 Å². The van der Waals surface area contributed by atoms with Gasteiger partial charge >= 0.3 is 0 Å². The fraction of sp³-hybridized carbons (Fsp3) is 0.118. The van der Waals surface area contributed by atoms with Gasteiger partial charge in [0.2, 0.25) is 0 Å². The fourth-order valence-corrected chi connectivity index (χ4v) is 6.26. The molecule has 6 aromatic rings. The van der Waals surface area contributed by atoms with Crippen molar-refractivity contribution >= 4 is 34.5 Å². The van der Waals surface area contributed by atoms with Crippen LogP contribution < -0.4 is 10.6 Å². The predicted molar refractivity (Wildman–Crippen MR) is 168 cm³/mol. The van der Waals surface area contributed by atoms with Gasteiger partial charge in [-0.2, -0.15) is 0 Å². The SMILES string of the molecule is O=C(NCC(O)(c1cccs1)c1cccs1)c1cccc(F)c1.O=C(NCC(c1ccco1)c1ccco1)c1ccc(F)c(F)c1. The van der Waals surface area contributed by atoms with E-state index in [1.165, 1.54) is 65.5 Å². The van der Waals surface area contributed by atoms with Crippen LogP contribution in [0.4, 0.5) is 13.2 Å². The quantitative estimate of drug-likeness (QED) is 0.142. The van der Waals surface area contributed by atoms with Crippen LogP contribution in [0.3, 0.4) is 0 Å². The van der Waals surface area contributed by atoms with E-state index in [1.807, 2.05) is 35.0 Å². The number of nitrogens with one attached hydrogen (secondary N) is 2. The summed E-state index contributed by atoms with van der Waals surface area (Å²) < 4.78 is 50.1. The number of rotatable bonds is 10. The maximum atomic E-state index is 13.2. The lowest BCUT2D eigenvalue weighted by atomic mass is 9.99. The van der Waals surface area contributed by atoms with Gasteiger partial charge < -0.3 is 24.6 Å². The number of hydrogen-bond donors (Lipinski definition) is 3. The van der Waals surface area contributed by atoms with Gasteiger partial charge in [0.05, 0.1) is 25.0 Å². The number of carbonyl (C=O) groups is 2. The molecular weight excluding hydrogens is 638 g/mol. The van der Waals surface area contributed by atoms with Gasteiger partial charge in [0, 0.05) is 27.4 Å². The zero-order valence-electron chi connectivity index (χ0n) is 24.0. The van der Waals surface area contributed by atoms with Gasteiger partial charge in [0.25, 0.3) is 11.8 Å². The third-order valence-corrected chi connectivity index (χ3v) is 8.91. The summed E-state index contributed by atoms with van der Waals surface area (Å²) in [4.78, 5) is 25.8. The molecule has 2 amide bonds. The Kier molecular flexibility index (Phi) is 10.5. The van der Waals surface area contributed by atoms with E-state index in [1.54, 1.807) is 24.3 Å². The zero-order chi connectivity index (χ0) is 32.5. The predicted octanol–water partition coefficient (Wildman–Crippen LogP) is 7.33. The van der Waals surface area contributed by atoms with Crippen molar-refractivity contribution in [3.05, 3.63) is 164 Å². The van der Waals surface area contributed by atoms with Gasteiger partial charge in [-0.25, -0.2) is 13.2 Å². The summed E-state index contributed by atoms with van der Waals surface area (Å²) in [5.41, 5.74) is -1.02. The zero-order valence-corrected chi connectivity index (χ0v) is 25.6. The summed E-state index contributed by atoms with van der Waals surface area (Å²) in [7, 11) is 0. The lowest BCUT2D eigenvalue weighted by Crippen LogP contribution is -2.40. The van der Waals surface area contributed by atoms with Crippen LogP contribution >= 0.6 is 22.7 Å². The Hall–Kier alpha value is -4.91. The largest absolute Gasteiger partial charge is 0.469 e. The number of hydrogen-bond acceptors (Lipinski definition) is 7. The van der Waals surface area contributed by atoms with Crippen molar-refractivity contribution in [1.82, 2.24) is 10.6 Å². The van der Waals surface area contributed by atoms with Gasteiger partial charge in [-0.05, 0) is 83.6 Å². The maximum Gasteiger partial charge on any atom is 0.251 e. The number of halogens is 3. The summed E-state index contributed by atoms with van der Waals surface area (Å²) in [6.07, 6.45) is 3.06. The number of thiophene rings is 2. The van der Waals surface area contributed by atoms with Crippen LogP contribution in [-0.4, -0.2) is 30.0 Å². The minimum absolute atomic E-state index is 0.0172. The average Bonchev–Trinajstić information content (AvgIpc) is 3.90. The van der Waals surface area contributed by atoms with E-state index in [2.05, 4.69) is 10.6 Å². The second-order valence-electron chi connectivity index (χ2n) is 9.93. The molecule has 0 fully saturated rings. The van der Waals surface area contributed by atoms with Crippen molar-refractivity contribution < 1.29 is 36.7 Å². The molecule has 0 saturated heterocycles. The van der Waals surface area contributed by atoms with Gasteiger partial charge in [-0.3, -0.25) is 9.59 Å². The van der Waals surface area contributed by atoms with Gasteiger partial charge in [-0.1, -0.05) is 18.2 Å². The smallest absolute Gasteiger partial charge is 0.251 e. The van der Waals surface area contributed by atoms with E-state index in [4.69, 9.17) is 8.83 Å². The van der Waals surface area contributed by atoms with Crippen molar-refractivity contribution in [2.24, 2.45) is 0 Å².